The van der Waals surface area contributed by atoms with E-state index >= 15 is 0 Å². The number of benzene rings is 1. The van der Waals surface area contributed by atoms with E-state index in [0.29, 0.717) is 12.8 Å². The molecular weight excluding hydrogens is 286 g/mol. The number of aliphatic hydroxyl groups excluding tert-OH is 1. The van der Waals surface area contributed by atoms with Gasteiger partial charge in [-0.2, -0.15) is 0 Å². The molecule has 2 N–H and O–H groups in total. The molecule has 19 heavy (non-hydrogen) atoms. The van der Waals surface area contributed by atoms with E-state index in [1.54, 1.807) is 18.2 Å². The van der Waals surface area contributed by atoms with Gasteiger partial charge >= 0.3 is 0 Å². The van der Waals surface area contributed by atoms with Crippen LogP contribution in [0.4, 0.5) is 0 Å². The van der Waals surface area contributed by atoms with Crippen LogP contribution >= 0.6 is 11.6 Å². The summed E-state index contributed by atoms with van der Waals surface area (Å²) < 4.78 is 27.1. The van der Waals surface area contributed by atoms with Gasteiger partial charge in [-0.05, 0) is 30.5 Å². The molecule has 0 unspecified atom stereocenters. The summed E-state index contributed by atoms with van der Waals surface area (Å²) in [5.74, 6) is 0.273. The molecule has 0 bridgehead atoms. The number of sulfonamides is 1. The lowest BCUT2D eigenvalue weighted by Crippen LogP contribution is -2.44. The maximum absolute atomic E-state index is 12.2. The molecule has 106 valence electrons. The zero-order valence-electron chi connectivity index (χ0n) is 10.5. The zero-order chi connectivity index (χ0) is 13.9. The Hall–Kier alpha value is -0.620. The van der Waals surface area contributed by atoms with Crippen LogP contribution in [0.1, 0.15) is 31.2 Å². The van der Waals surface area contributed by atoms with Gasteiger partial charge in [0.15, 0.2) is 0 Å². The summed E-state index contributed by atoms with van der Waals surface area (Å²) in [6.45, 7) is 0. The predicted octanol–water partition coefficient (Wildman–Crippen LogP) is 2.01. The van der Waals surface area contributed by atoms with Crippen molar-refractivity contribution in [3.63, 3.8) is 0 Å². The molecular formula is C13H18ClNO3S. The van der Waals surface area contributed by atoms with Gasteiger partial charge in [0.1, 0.15) is 0 Å². The van der Waals surface area contributed by atoms with Gasteiger partial charge in [0, 0.05) is 11.9 Å². The Bertz CT molecular complexity index is 532. The quantitative estimate of drug-likeness (QED) is 0.836. The lowest BCUT2D eigenvalue weighted by atomic mass is 9.93. The van der Waals surface area contributed by atoms with Crippen LogP contribution < -0.4 is 4.72 Å². The minimum absolute atomic E-state index is 0.198. The van der Waals surface area contributed by atoms with Crippen molar-refractivity contribution in [1.82, 2.24) is 4.72 Å². The Morgan fingerprint density at radius 3 is 2.74 bits per heavy atom. The number of aliphatic hydroxyl groups is 1. The van der Waals surface area contributed by atoms with E-state index in [1.165, 1.54) is 6.07 Å². The maximum atomic E-state index is 12.2. The van der Waals surface area contributed by atoms with Crippen molar-refractivity contribution in [2.45, 2.75) is 48.6 Å². The first-order chi connectivity index (χ1) is 9.03. The average Bonchev–Trinajstić information content (AvgIpc) is 2.41. The topological polar surface area (TPSA) is 66.4 Å². The number of halogens is 1. The Morgan fingerprint density at radius 2 is 2.05 bits per heavy atom. The fourth-order valence-electron chi connectivity index (χ4n) is 2.31. The van der Waals surface area contributed by atoms with Gasteiger partial charge < -0.3 is 5.11 Å². The molecule has 1 aromatic rings. The van der Waals surface area contributed by atoms with E-state index in [4.69, 9.17) is 11.6 Å². The van der Waals surface area contributed by atoms with Crippen LogP contribution in [0.25, 0.3) is 0 Å². The standard InChI is InChI=1S/C13H18ClNO3S/c14-9-10-4-3-5-11(8-10)19(17,18)15-12-6-1-2-7-13(12)16/h3-5,8,12-13,15-16H,1-2,6-7,9H2/t12-,13-/m0/s1. The maximum Gasteiger partial charge on any atom is 0.240 e. The van der Waals surface area contributed by atoms with Crippen molar-refractivity contribution < 1.29 is 13.5 Å². The number of rotatable bonds is 4. The summed E-state index contributed by atoms with van der Waals surface area (Å²) in [6.07, 6.45) is 2.61. The van der Waals surface area contributed by atoms with Crippen molar-refractivity contribution in [3.8, 4) is 0 Å². The van der Waals surface area contributed by atoms with Crippen LogP contribution in [0.2, 0.25) is 0 Å². The number of hydrogen-bond donors (Lipinski definition) is 2. The molecule has 6 heteroatoms. The third kappa shape index (κ3) is 3.69. The first-order valence-electron chi connectivity index (χ1n) is 6.38. The van der Waals surface area contributed by atoms with Crippen molar-refractivity contribution in [1.29, 1.82) is 0 Å². The summed E-state index contributed by atoms with van der Waals surface area (Å²) in [5, 5.41) is 9.83. The fraction of sp³-hybridized carbons (Fsp3) is 0.538. The molecule has 1 aliphatic rings. The van der Waals surface area contributed by atoms with Gasteiger partial charge in [0.25, 0.3) is 0 Å². The van der Waals surface area contributed by atoms with E-state index in [-0.39, 0.29) is 10.8 Å². The summed E-state index contributed by atoms with van der Waals surface area (Å²) in [5.41, 5.74) is 0.758. The van der Waals surface area contributed by atoms with Crippen LogP contribution in [0.5, 0.6) is 0 Å². The molecule has 1 fully saturated rings. The normalized spacial score (nSPS) is 24.3. The highest BCUT2D eigenvalue weighted by atomic mass is 35.5. The summed E-state index contributed by atoms with van der Waals surface area (Å²) in [4.78, 5) is 0.198. The van der Waals surface area contributed by atoms with E-state index in [1.807, 2.05) is 0 Å². The van der Waals surface area contributed by atoms with E-state index in [9.17, 15) is 13.5 Å². The van der Waals surface area contributed by atoms with Gasteiger partial charge in [-0.3, -0.25) is 0 Å². The minimum atomic E-state index is -3.59. The zero-order valence-corrected chi connectivity index (χ0v) is 12.1. The number of hydrogen-bond acceptors (Lipinski definition) is 3. The van der Waals surface area contributed by atoms with Crippen molar-refractivity contribution in [3.05, 3.63) is 29.8 Å². The molecule has 0 aliphatic heterocycles. The Morgan fingerprint density at radius 1 is 1.32 bits per heavy atom. The lowest BCUT2D eigenvalue weighted by molar-refractivity contribution is 0.101. The van der Waals surface area contributed by atoms with Crippen LogP contribution in [0.15, 0.2) is 29.2 Å². The van der Waals surface area contributed by atoms with Crippen LogP contribution in [0, 0.1) is 0 Å². The Balaban J connectivity index is 2.17. The molecule has 0 aromatic heterocycles. The highest BCUT2D eigenvalue weighted by Crippen LogP contribution is 2.21. The molecule has 0 heterocycles. The van der Waals surface area contributed by atoms with Crippen molar-refractivity contribution in [2.75, 3.05) is 0 Å². The van der Waals surface area contributed by atoms with Gasteiger partial charge in [0.2, 0.25) is 10.0 Å². The van der Waals surface area contributed by atoms with Crippen LogP contribution in [-0.2, 0) is 15.9 Å². The third-order valence-corrected chi connectivity index (χ3v) is 5.20. The van der Waals surface area contributed by atoms with Gasteiger partial charge in [-0.25, -0.2) is 13.1 Å². The molecule has 1 aliphatic carbocycles. The third-order valence-electron chi connectivity index (χ3n) is 3.40. The second kappa shape index (κ2) is 6.22. The number of alkyl halides is 1. The average molecular weight is 304 g/mol. The molecule has 4 nitrogen and oxygen atoms in total. The van der Waals surface area contributed by atoms with Gasteiger partial charge in [-0.15, -0.1) is 11.6 Å². The highest BCUT2D eigenvalue weighted by molar-refractivity contribution is 7.89. The van der Waals surface area contributed by atoms with Gasteiger partial charge in [-0.1, -0.05) is 25.0 Å². The van der Waals surface area contributed by atoms with Crippen molar-refractivity contribution >= 4 is 21.6 Å². The SMILES string of the molecule is O=S(=O)(N[C@H]1CCCC[C@@H]1O)c1cccc(CCl)c1. The molecule has 1 saturated carbocycles. The van der Waals surface area contributed by atoms with E-state index in [2.05, 4.69) is 4.72 Å². The summed E-state index contributed by atoms with van der Waals surface area (Å²) >= 11 is 5.71. The Labute approximate surface area is 118 Å². The molecule has 0 spiro atoms. The minimum Gasteiger partial charge on any atom is -0.391 e. The largest absolute Gasteiger partial charge is 0.391 e. The summed E-state index contributed by atoms with van der Waals surface area (Å²) in [6, 6.07) is 6.15. The van der Waals surface area contributed by atoms with Crippen molar-refractivity contribution in [2.24, 2.45) is 0 Å². The van der Waals surface area contributed by atoms with Crippen LogP contribution in [0.3, 0.4) is 0 Å². The fourth-order valence-corrected chi connectivity index (χ4v) is 3.85. The number of nitrogens with one attached hydrogen (secondary N) is 1. The molecule has 1 aromatic carbocycles. The van der Waals surface area contributed by atoms with E-state index < -0.39 is 22.2 Å². The first-order valence-corrected chi connectivity index (χ1v) is 8.40. The predicted molar refractivity (Wildman–Crippen MR) is 74.6 cm³/mol. The second-order valence-corrected chi connectivity index (χ2v) is 6.84. The smallest absolute Gasteiger partial charge is 0.240 e. The molecule has 0 radical (unpaired) electrons. The molecule has 0 amide bonds. The van der Waals surface area contributed by atoms with Gasteiger partial charge in [0.05, 0.1) is 11.0 Å². The summed E-state index contributed by atoms with van der Waals surface area (Å²) in [7, 11) is -3.59. The highest BCUT2D eigenvalue weighted by Gasteiger charge is 2.28. The monoisotopic (exact) mass is 303 g/mol. The first kappa shape index (κ1) is 14.8. The lowest BCUT2D eigenvalue weighted by Gasteiger charge is -2.28. The molecule has 0 saturated heterocycles. The Kier molecular flexibility index (Phi) is 4.84. The molecule has 2 rings (SSSR count). The van der Waals surface area contributed by atoms with Crippen LogP contribution in [-0.4, -0.2) is 25.7 Å². The molecule has 2 atom stereocenters. The van der Waals surface area contributed by atoms with E-state index in [0.717, 1.165) is 18.4 Å². The second-order valence-electron chi connectivity index (χ2n) is 4.86.